The third-order valence-corrected chi connectivity index (χ3v) is 8.49. The molecule has 0 aliphatic heterocycles. The summed E-state index contributed by atoms with van der Waals surface area (Å²) in [5.74, 6) is -0.343. The second kappa shape index (κ2) is 36.9. The highest BCUT2D eigenvalue weighted by atomic mass is 16.3. The van der Waals surface area contributed by atoms with Crippen molar-refractivity contribution in [2.24, 2.45) is 0 Å². The minimum atomic E-state index is -0.963. The summed E-state index contributed by atoms with van der Waals surface area (Å²) >= 11 is 0. The standard InChI is InChI=1S/C42H75NO4/c1-3-5-7-9-11-13-15-16-17-18-19-20-21-22-23-24-26-27-29-31-33-35-39(45)37-42(47)43-40(38-44)41(46)36-34-32-30-28-25-14-12-10-8-6-4-2/h8,10,19-20,22-23,25,28,34,36,39-41,44-46H,3-7,9,11-18,21,24,26-27,29-33,35,37-38H2,1-2H3,(H,43,47)/b10-8+,20-19-,23-22-,28-25+,36-34+. The van der Waals surface area contributed by atoms with Crippen molar-refractivity contribution in [2.75, 3.05) is 6.61 Å². The number of hydrogen-bond donors (Lipinski definition) is 4. The van der Waals surface area contributed by atoms with Gasteiger partial charge in [0.2, 0.25) is 5.91 Å². The summed E-state index contributed by atoms with van der Waals surface area (Å²) < 4.78 is 0. The predicted octanol–water partition coefficient (Wildman–Crippen LogP) is 10.8. The number of nitrogens with one attached hydrogen (secondary N) is 1. The van der Waals surface area contributed by atoms with Gasteiger partial charge in [0.1, 0.15) is 0 Å². The number of aliphatic hydroxyl groups is 3. The molecule has 0 aromatic rings. The SMILES string of the molecule is CCC/C=C/CC/C=C/CC/C=C/C(O)C(CO)NC(=O)CC(O)CCCCCCC/C=C\C/C=C\CCCCCCCCCCC. The van der Waals surface area contributed by atoms with Crippen molar-refractivity contribution in [2.45, 2.75) is 193 Å². The maximum absolute atomic E-state index is 12.4. The first kappa shape index (κ1) is 45.0. The Kier molecular flexibility index (Phi) is 35.3. The number of carbonyl (C=O) groups excluding carboxylic acids is 1. The van der Waals surface area contributed by atoms with Crippen LogP contribution < -0.4 is 5.32 Å². The van der Waals surface area contributed by atoms with Crippen molar-refractivity contribution >= 4 is 5.91 Å². The summed E-state index contributed by atoms with van der Waals surface area (Å²) in [6, 6.07) is -0.772. The van der Waals surface area contributed by atoms with Crippen LogP contribution in [0.1, 0.15) is 174 Å². The van der Waals surface area contributed by atoms with Crippen LogP contribution in [0.15, 0.2) is 60.8 Å². The Hall–Kier alpha value is -1.95. The number of allylic oxidation sites excluding steroid dienone is 9. The molecule has 4 N–H and O–H groups in total. The molecule has 0 heterocycles. The first-order valence-corrected chi connectivity index (χ1v) is 19.6. The Morgan fingerprint density at radius 1 is 0.553 bits per heavy atom. The molecule has 272 valence electrons. The first-order chi connectivity index (χ1) is 23.0. The van der Waals surface area contributed by atoms with E-state index in [1.165, 1.54) is 83.5 Å². The highest BCUT2D eigenvalue weighted by Crippen LogP contribution is 2.13. The fourth-order valence-electron chi connectivity index (χ4n) is 5.47. The molecule has 0 bridgehead atoms. The molecule has 47 heavy (non-hydrogen) atoms. The lowest BCUT2D eigenvalue weighted by Crippen LogP contribution is -2.45. The van der Waals surface area contributed by atoms with Crippen LogP contribution in [0.25, 0.3) is 0 Å². The molecule has 1 amide bonds. The molecular weight excluding hydrogens is 582 g/mol. The van der Waals surface area contributed by atoms with Gasteiger partial charge in [0.05, 0.1) is 31.3 Å². The van der Waals surface area contributed by atoms with E-state index in [0.717, 1.165) is 64.2 Å². The van der Waals surface area contributed by atoms with E-state index >= 15 is 0 Å². The molecule has 0 spiro atoms. The Morgan fingerprint density at radius 2 is 1.02 bits per heavy atom. The molecule has 0 aromatic heterocycles. The molecule has 0 radical (unpaired) electrons. The third kappa shape index (κ3) is 33.7. The second-order valence-corrected chi connectivity index (χ2v) is 13.2. The number of carbonyl (C=O) groups is 1. The lowest BCUT2D eigenvalue weighted by atomic mass is 10.0. The van der Waals surface area contributed by atoms with E-state index in [2.05, 4.69) is 67.8 Å². The molecule has 5 heteroatoms. The Bertz CT molecular complexity index is 815. The van der Waals surface area contributed by atoms with Crippen LogP contribution in [-0.4, -0.2) is 46.1 Å². The minimum Gasteiger partial charge on any atom is -0.394 e. The number of aliphatic hydroxyl groups excluding tert-OH is 3. The summed E-state index contributed by atoms with van der Waals surface area (Å²) in [4.78, 5) is 12.4. The molecule has 0 saturated heterocycles. The molecule has 3 unspecified atom stereocenters. The van der Waals surface area contributed by atoms with Gasteiger partial charge in [0.25, 0.3) is 0 Å². The van der Waals surface area contributed by atoms with Crippen molar-refractivity contribution in [3.63, 3.8) is 0 Å². The van der Waals surface area contributed by atoms with Gasteiger partial charge in [-0.25, -0.2) is 0 Å². The lowest BCUT2D eigenvalue weighted by Gasteiger charge is -2.20. The van der Waals surface area contributed by atoms with E-state index in [1.54, 1.807) is 6.08 Å². The van der Waals surface area contributed by atoms with Gasteiger partial charge in [-0.1, -0.05) is 158 Å². The first-order valence-electron chi connectivity index (χ1n) is 19.6. The zero-order chi connectivity index (χ0) is 34.5. The normalized spacial score (nSPS) is 14.4. The highest BCUT2D eigenvalue weighted by molar-refractivity contribution is 5.76. The molecule has 0 aliphatic rings. The van der Waals surface area contributed by atoms with Gasteiger partial charge in [-0.05, 0) is 70.6 Å². The molecule has 0 saturated carbocycles. The van der Waals surface area contributed by atoms with Crippen molar-refractivity contribution < 1.29 is 20.1 Å². The smallest absolute Gasteiger partial charge is 0.222 e. The van der Waals surface area contributed by atoms with Crippen LogP contribution in [0.3, 0.4) is 0 Å². The summed E-state index contributed by atoms with van der Waals surface area (Å²) in [6.07, 6.45) is 47.8. The average molecular weight is 658 g/mol. The molecule has 3 atom stereocenters. The molecule has 0 aliphatic carbocycles. The van der Waals surface area contributed by atoms with Crippen LogP contribution in [-0.2, 0) is 4.79 Å². The zero-order valence-electron chi connectivity index (χ0n) is 30.6. The monoisotopic (exact) mass is 658 g/mol. The minimum absolute atomic E-state index is 0.0101. The van der Waals surface area contributed by atoms with Gasteiger partial charge in [-0.3, -0.25) is 4.79 Å². The molecule has 5 nitrogen and oxygen atoms in total. The maximum atomic E-state index is 12.4. The van der Waals surface area contributed by atoms with Gasteiger partial charge in [-0.2, -0.15) is 0 Å². The summed E-state index contributed by atoms with van der Waals surface area (Å²) in [5, 5.41) is 33.0. The van der Waals surface area contributed by atoms with E-state index in [4.69, 9.17) is 0 Å². The van der Waals surface area contributed by atoms with Crippen molar-refractivity contribution in [1.82, 2.24) is 5.32 Å². The van der Waals surface area contributed by atoms with Gasteiger partial charge in [0, 0.05) is 0 Å². The number of rotatable bonds is 34. The fraction of sp³-hybridized carbons (Fsp3) is 0.738. The number of amides is 1. The number of unbranched alkanes of at least 4 members (excludes halogenated alkanes) is 17. The highest BCUT2D eigenvalue weighted by Gasteiger charge is 2.20. The van der Waals surface area contributed by atoms with Gasteiger partial charge < -0.3 is 20.6 Å². The molecule has 0 aromatic carbocycles. The summed E-state index contributed by atoms with van der Waals surface area (Å²) in [7, 11) is 0. The van der Waals surface area contributed by atoms with Crippen LogP contribution >= 0.6 is 0 Å². The van der Waals surface area contributed by atoms with E-state index in [1.807, 2.05) is 6.08 Å². The van der Waals surface area contributed by atoms with E-state index in [9.17, 15) is 20.1 Å². The zero-order valence-corrected chi connectivity index (χ0v) is 30.6. The summed E-state index contributed by atoms with van der Waals surface area (Å²) in [5.41, 5.74) is 0. The van der Waals surface area contributed by atoms with Crippen molar-refractivity contribution in [1.29, 1.82) is 0 Å². The average Bonchev–Trinajstić information content (AvgIpc) is 3.06. The van der Waals surface area contributed by atoms with Gasteiger partial charge in [-0.15, -0.1) is 0 Å². The van der Waals surface area contributed by atoms with Crippen molar-refractivity contribution in [3.8, 4) is 0 Å². The van der Waals surface area contributed by atoms with Crippen LogP contribution in [0.5, 0.6) is 0 Å². The second-order valence-electron chi connectivity index (χ2n) is 13.2. The van der Waals surface area contributed by atoms with E-state index in [-0.39, 0.29) is 18.9 Å². The topological polar surface area (TPSA) is 89.8 Å². The fourth-order valence-corrected chi connectivity index (χ4v) is 5.47. The third-order valence-electron chi connectivity index (χ3n) is 8.49. The Labute approximate surface area is 290 Å². The number of hydrogen-bond acceptors (Lipinski definition) is 4. The summed E-state index contributed by atoms with van der Waals surface area (Å²) in [6.45, 7) is 4.10. The van der Waals surface area contributed by atoms with Gasteiger partial charge in [0.15, 0.2) is 0 Å². The predicted molar refractivity (Wildman–Crippen MR) is 204 cm³/mol. The van der Waals surface area contributed by atoms with Crippen LogP contribution in [0.4, 0.5) is 0 Å². The molecule has 0 rings (SSSR count). The lowest BCUT2D eigenvalue weighted by molar-refractivity contribution is -0.124. The largest absolute Gasteiger partial charge is 0.394 e. The van der Waals surface area contributed by atoms with E-state index in [0.29, 0.717) is 6.42 Å². The quantitative estimate of drug-likeness (QED) is 0.0409. The van der Waals surface area contributed by atoms with Crippen LogP contribution in [0, 0.1) is 0 Å². The molecule has 0 fully saturated rings. The van der Waals surface area contributed by atoms with Crippen molar-refractivity contribution in [3.05, 3.63) is 60.8 Å². The maximum Gasteiger partial charge on any atom is 0.222 e. The van der Waals surface area contributed by atoms with Gasteiger partial charge >= 0.3 is 0 Å². The Morgan fingerprint density at radius 3 is 1.55 bits per heavy atom. The molecular formula is C42H75NO4. The Balaban J connectivity index is 3.76. The van der Waals surface area contributed by atoms with Crippen LogP contribution in [0.2, 0.25) is 0 Å². The van der Waals surface area contributed by atoms with E-state index < -0.39 is 18.2 Å².